The van der Waals surface area contributed by atoms with E-state index in [1.807, 2.05) is 78.6 Å². The Hall–Kier alpha value is -4.45. The van der Waals surface area contributed by atoms with Gasteiger partial charge in [0.25, 0.3) is 11.8 Å². The third-order valence-corrected chi connectivity index (χ3v) is 6.76. The molecule has 0 radical (unpaired) electrons. The minimum absolute atomic E-state index is 0.0306. The molecule has 1 aliphatic rings. The SMILES string of the molecule is Cc1cccc(C2c3cc(OC(C)C(=O)Nc4cccc(F)c4)ccc3CCN2C(=O)c2ccccc2)c1. The zero-order valence-corrected chi connectivity index (χ0v) is 21.4. The van der Waals surface area contributed by atoms with Gasteiger partial charge in [-0.05, 0) is 79.4 Å². The van der Waals surface area contributed by atoms with Crippen LogP contribution < -0.4 is 10.1 Å². The summed E-state index contributed by atoms with van der Waals surface area (Å²) in [5.74, 6) is -0.318. The smallest absolute Gasteiger partial charge is 0.265 e. The summed E-state index contributed by atoms with van der Waals surface area (Å²) in [5, 5.41) is 2.69. The topological polar surface area (TPSA) is 58.6 Å². The largest absolute Gasteiger partial charge is 0.481 e. The van der Waals surface area contributed by atoms with Crippen LogP contribution in [0.4, 0.5) is 10.1 Å². The number of anilines is 1. The maximum Gasteiger partial charge on any atom is 0.265 e. The van der Waals surface area contributed by atoms with Gasteiger partial charge >= 0.3 is 0 Å². The van der Waals surface area contributed by atoms with Gasteiger partial charge in [-0.3, -0.25) is 9.59 Å². The average Bonchev–Trinajstić information content (AvgIpc) is 2.92. The number of hydrogen-bond donors (Lipinski definition) is 1. The molecule has 0 bridgehead atoms. The summed E-state index contributed by atoms with van der Waals surface area (Å²) in [6.07, 6.45) is -0.106. The number of carbonyl (C=O) groups excluding carboxylic acids is 2. The number of nitrogens with one attached hydrogen (secondary N) is 1. The van der Waals surface area contributed by atoms with E-state index in [1.165, 1.54) is 18.2 Å². The molecule has 1 aliphatic heterocycles. The monoisotopic (exact) mass is 508 g/mol. The molecule has 1 heterocycles. The average molecular weight is 509 g/mol. The van der Waals surface area contributed by atoms with Crippen molar-refractivity contribution in [3.8, 4) is 5.75 Å². The Bertz CT molecular complexity index is 1470. The number of nitrogens with zero attached hydrogens (tertiary/aromatic N) is 1. The maximum absolute atomic E-state index is 13.6. The summed E-state index contributed by atoms with van der Waals surface area (Å²) in [7, 11) is 0. The molecule has 0 aromatic heterocycles. The zero-order chi connectivity index (χ0) is 26.6. The van der Waals surface area contributed by atoms with Gasteiger partial charge in [-0.1, -0.05) is 60.2 Å². The van der Waals surface area contributed by atoms with Crippen molar-refractivity contribution in [2.75, 3.05) is 11.9 Å². The van der Waals surface area contributed by atoms with Gasteiger partial charge < -0.3 is 15.0 Å². The van der Waals surface area contributed by atoms with Gasteiger partial charge in [0.05, 0.1) is 6.04 Å². The van der Waals surface area contributed by atoms with Crippen molar-refractivity contribution in [1.29, 1.82) is 0 Å². The Labute approximate surface area is 221 Å². The van der Waals surface area contributed by atoms with Gasteiger partial charge in [-0.25, -0.2) is 4.39 Å². The molecule has 0 fully saturated rings. The number of aryl methyl sites for hydroxylation is 1. The first-order chi connectivity index (χ1) is 18.4. The second-order valence-corrected chi connectivity index (χ2v) is 9.55. The number of carbonyl (C=O) groups is 2. The molecule has 0 aliphatic carbocycles. The van der Waals surface area contributed by atoms with Crippen molar-refractivity contribution in [2.24, 2.45) is 0 Å². The molecule has 2 amide bonds. The quantitative estimate of drug-likeness (QED) is 0.331. The fourth-order valence-electron chi connectivity index (χ4n) is 4.90. The fourth-order valence-corrected chi connectivity index (χ4v) is 4.90. The van der Waals surface area contributed by atoms with E-state index >= 15 is 0 Å². The van der Waals surface area contributed by atoms with Gasteiger partial charge in [0.15, 0.2) is 6.10 Å². The lowest BCUT2D eigenvalue weighted by Gasteiger charge is -2.38. The highest BCUT2D eigenvalue weighted by atomic mass is 19.1. The van der Waals surface area contributed by atoms with Gasteiger partial charge in [-0.2, -0.15) is 0 Å². The Morgan fingerprint density at radius 1 is 0.947 bits per heavy atom. The standard InChI is InChI=1S/C32H29FN2O3/c1-21-8-6-11-25(18-21)30-29-20-28(38-22(2)31(36)34-27-13-7-12-26(33)19-27)15-14-23(29)16-17-35(30)32(37)24-9-4-3-5-10-24/h3-15,18-20,22,30H,16-17H2,1-2H3,(H,34,36). The van der Waals surface area contributed by atoms with E-state index in [0.29, 0.717) is 30.0 Å². The highest BCUT2D eigenvalue weighted by Gasteiger charge is 2.33. The lowest BCUT2D eigenvalue weighted by Crippen LogP contribution is -2.40. The van der Waals surface area contributed by atoms with Crippen molar-refractivity contribution in [2.45, 2.75) is 32.4 Å². The third-order valence-electron chi connectivity index (χ3n) is 6.76. The van der Waals surface area contributed by atoms with Crippen molar-refractivity contribution in [3.05, 3.63) is 131 Å². The molecular weight excluding hydrogens is 479 g/mol. The molecule has 6 heteroatoms. The first-order valence-corrected chi connectivity index (χ1v) is 12.7. The van der Waals surface area contributed by atoms with Crippen LogP contribution >= 0.6 is 0 Å². The van der Waals surface area contributed by atoms with Crippen LogP contribution in [0.5, 0.6) is 5.75 Å². The van der Waals surface area contributed by atoms with Crippen LogP contribution in [0, 0.1) is 12.7 Å². The molecule has 2 atom stereocenters. The van der Waals surface area contributed by atoms with Gasteiger partial charge in [0.2, 0.25) is 0 Å². The molecule has 38 heavy (non-hydrogen) atoms. The summed E-state index contributed by atoms with van der Waals surface area (Å²) in [6.45, 7) is 4.28. The van der Waals surface area contributed by atoms with Crippen LogP contribution in [0.1, 0.15) is 45.6 Å². The molecule has 5 nitrogen and oxygen atoms in total. The van der Waals surface area contributed by atoms with Crippen molar-refractivity contribution in [3.63, 3.8) is 0 Å². The number of hydrogen-bond acceptors (Lipinski definition) is 3. The predicted octanol–water partition coefficient (Wildman–Crippen LogP) is 6.33. The van der Waals surface area contributed by atoms with E-state index in [4.69, 9.17) is 4.74 Å². The van der Waals surface area contributed by atoms with E-state index in [1.54, 1.807) is 13.0 Å². The number of fused-ring (bicyclic) bond motifs is 1. The third kappa shape index (κ3) is 5.44. The van der Waals surface area contributed by atoms with E-state index in [2.05, 4.69) is 11.4 Å². The lowest BCUT2D eigenvalue weighted by molar-refractivity contribution is -0.122. The molecule has 0 saturated heterocycles. The molecule has 0 saturated carbocycles. The summed E-state index contributed by atoms with van der Waals surface area (Å²) in [4.78, 5) is 28.3. The van der Waals surface area contributed by atoms with Crippen LogP contribution in [-0.4, -0.2) is 29.4 Å². The molecule has 4 aromatic rings. The van der Waals surface area contributed by atoms with E-state index in [-0.39, 0.29) is 17.9 Å². The fraction of sp³-hybridized carbons (Fsp3) is 0.188. The first kappa shape index (κ1) is 25.2. The minimum Gasteiger partial charge on any atom is -0.481 e. The molecule has 0 spiro atoms. The van der Waals surface area contributed by atoms with Crippen molar-refractivity contribution < 1.29 is 18.7 Å². The van der Waals surface area contributed by atoms with Gasteiger partial charge in [0, 0.05) is 17.8 Å². The number of halogens is 1. The van der Waals surface area contributed by atoms with Crippen LogP contribution in [0.25, 0.3) is 0 Å². The Morgan fingerprint density at radius 3 is 2.50 bits per heavy atom. The minimum atomic E-state index is -0.820. The molecule has 5 rings (SSSR count). The number of benzene rings is 4. The van der Waals surface area contributed by atoms with Gasteiger partial charge in [0.1, 0.15) is 11.6 Å². The summed E-state index contributed by atoms with van der Waals surface area (Å²) in [5.41, 5.74) is 5.24. The van der Waals surface area contributed by atoms with Crippen LogP contribution in [0.2, 0.25) is 0 Å². The number of ether oxygens (including phenoxy) is 1. The van der Waals surface area contributed by atoms with Crippen LogP contribution in [0.15, 0.2) is 97.1 Å². The lowest BCUT2D eigenvalue weighted by atomic mass is 9.87. The summed E-state index contributed by atoms with van der Waals surface area (Å²) in [6, 6.07) is 28.7. The van der Waals surface area contributed by atoms with E-state index in [9.17, 15) is 14.0 Å². The highest BCUT2D eigenvalue weighted by Crippen LogP contribution is 2.38. The normalized spacial score (nSPS) is 15.3. The second kappa shape index (κ2) is 10.9. The molecule has 192 valence electrons. The Kier molecular flexibility index (Phi) is 7.22. The van der Waals surface area contributed by atoms with Gasteiger partial charge in [-0.15, -0.1) is 0 Å². The Morgan fingerprint density at radius 2 is 1.74 bits per heavy atom. The van der Waals surface area contributed by atoms with Crippen LogP contribution in [0.3, 0.4) is 0 Å². The second-order valence-electron chi connectivity index (χ2n) is 9.55. The van der Waals surface area contributed by atoms with E-state index < -0.39 is 11.9 Å². The molecule has 2 unspecified atom stereocenters. The van der Waals surface area contributed by atoms with Crippen molar-refractivity contribution in [1.82, 2.24) is 4.90 Å². The highest BCUT2D eigenvalue weighted by molar-refractivity contribution is 5.95. The first-order valence-electron chi connectivity index (χ1n) is 12.7. The summed E-state index contributed by atoms with van der Waals surface area (Å²) < 4.78 is 19.5. The van der Waals surface area contributed by atoms with E-state index in [0.717, 1.165) is 22.3 Å². The number of rotatable bonds is 6. The molecule has 4 aromatic carbocycles. The maximum atomic E-state index is 13.6. The molecular formula is C32H29FN2O3. The number of amides is 2. The molecule has 1 N–H and O–H groups in total. The zero-order valence-electron chi connectivity index (χ0n) is 21.4. The Balaban J connectivity index is 1.45. The summed E-state index contributed by atoms with van der Waals surface area (Å²) >= 11 is 0. The predicted molar refractivity (Wildman–Crippen MR) is 146 cm³/mol. The van der Waals surface area contributed by atoms with Crippen molar-refractivity contribution >= 4 is 17.5 Å². The van der Waals surface area contributed by atoms with Crippen LogP contribution in [-0.2, 0) is 11.2 Å².